The van der Waals surface area contributed by atoms with Crippen molar-refractivity contribution in [3.05, 3.63) is 0 Å². The van der Waals surface area contributed by atoms with Crippen LogP contribution in [0.1, 0.15) is 27.2 Å². The first-order valence-electron chi connectivity index (χ1n) is 3.81. The zero-order valence-corrected chi connectivity index (χ0v) is 8.39. The van der Waals surface area contributed by atoms with Gasteiger partial charge in [0.15, 0.2) is 0 Å². The van der Waals surface area contributed by atoms with Crippen LogP contribution in [0.2, 0.25) is 0 Å². The summed E-state index contributed by atoms with van der Waals surface area (Å²) in [5.74, 6) is -0.366. The molecular formula is C8H15ClO3. The molecule has 0 radical (unpaired) electrons. The third-order valence-electron chi connectivity index (χ3n) is 1.00. The van der Waals surface area contributed by atoms with Gasteiger partial charge in [-0.3, -0.25) is 4.79 Å². The Bertz CT molecular complexity index is 151. The minimum Gasteiger partial charge on any atom is -0.460 e. The molecule has 72 valence electrons. The maximum absolute atomic E-state index is 11.0. The fraction of sp³-hybridized carbons (Fsp3) is 0.875. The van der Waals surface area contributed by atoms with Crippen LogP contribution >= 0.6 is 11.6 Å². The lowest BCUT2D eigenvalue weighted by molar-refractivity contribution is -0.156. The highest BCUT2D eigenvalue weighted by Gasteiger charge is 2.18. The van der Waals surface area contributed by atoms with E-state index in [-0.39, 0.29) is 12.3 Å². The van der Waals surface area contributed by atoms with Crippen LogP contribution in [0.25, 0.3) is 0 Å². The minimum absolute atomic E-state index is 0.0409. The highest BCUT2D eigenvalue weighted by Crippen LogP contribution is 2.09. The number of aliphatic hydroxyl groups is 1. The van der Waals surface area contributed by atoms with Gasteiger partial charge in [-0.1, -0.05) is 0 Å². The van der Waals surface area contributed by atoms with E-state index in [1.807, 2.05) is 0 Å². The molecule has 0 rings (SSSR count). The fourth-order valence-corrected chi connectivity index (χ4v) is 0.739. The van der Waals surface area contributed by atoms with Crippen LogP contribution in [-0.2, 0) is 9.53 Å². The Balaban J connectivity index is 3.75. The number of hydrogen-bond acceptors (Lipinski definition) is 3. The summed E-state index contributed by atoms with van der Waals surface area (Å²) in [4.78, 5) is 11.0. The van der Waals surface area contributed by atoms with Crippen molar-refractivity contribution in [2.75, 3.05) is 5.88 Å². The van der Waals surface area contributed by atoms with Crippen LogP contribution < -0.4 is 0 Å². The number of rotatable bonds is 3. The molecule has 0 heterocycles. The average Bonchev–Trinajstić information content (AvgIpc) is 1.82. The molecule has 0 fully saturated rings. The van der Waals surface area contributed by atoms with Crippen LogP contribution in [0.3, 0.4) is 0 Å². The summed E-state index contributed by atoms with van der Waals surface area (Å²) in [6.45, 7) is 5.33. The molecule has 0 bridgehead atoms. The summed E-state index contributed by atoms with van der Waals surface area (Å²) >= 11 is 5.31. The molecule has 0 aromatic rings. The Morgan fingerprint density at radius 3 is 2.42 bits per heavy atom. The molecule has 12 heavy (non-hydrogen) atoms. The maximum Gasteiger partial charge on any atom is 0.308 e. The van der Waals surface area contributed by atoms with Crippen molar-refractivity contribution in [2.24, 2.45) is 0 Å². The van der Waals surface area contributed by atoms with Crippen LogP contribution in [0.4, 0.5) is 0 Å². The third-order valence-corrected chi connectivity index (χ3v) is 1.36. The number of esters is 1. The first-order valence-corrected chi connectivity index (χ1v) is 4.34. The van der Waals surface area contributed by atoms with E-state index in [1.165, 1.54) is 0 Å². The quantitative estimate of drug-likeness (QED) is 0.545. The summed E-state index contributed by atoms with van der Waals surface area (Å²) in [5.41, 5.74) is -0.497. The molecule has 0 aliphatic carbocycles. The van der Waals surface area contributed by atoms with Gasteiger partial charge in [0.05, 0.1) is 12.5 Å². The largest absolute Gasteiger partial charge is 0.460 e. The maximum atomic E-state index is 11.0. The van der Waals surface area contributed by atoms with Crippen molar-refractivity contribution < 1.29 is 14.6 Å². The standard InChI is InChI=1S/C8H15ClO3/c1-8(2,3)12-7(11)4-6(10)5-9/h6,10H,4-5H2,1-3H3/t6-/m1/s1. The van der Waals surface area contributed by atoms with Gasteiger partial charge < -0.3 is 9.84 Å². The van der Waals surface area contributed by atoms with Crippen LogP contribution in [0.15, 0.2) is 0 Å². The minimum atomic E-state index is -0.804. The van der Waals surface area contributed by atoms with Crippen molar-refractivity contribution in [3.8, 4) is 0 Å². The molecule has 0 aliphatic heterocycles. The highest BCUT2D eigenvalue weighted by molar-refractivity contribution is 6.18. The molecule has 0 aromatic heterocycles. The van der Waals surface area contributed by atoms with Gasteiger partial charge in [0.25, 0.3) is 0 Å². The Morgan fingerprint density at radius 1 is 1.58 bits per heavy atom. The fourth-order valence-electron chi connectivity index (χ4n) is 0.630. The van der Waals surface area contributed by atoms with E-state index in [9.17, 15) is 4.79 Å². The second-order valence-electron chi connectivity index (χ2n) is 3.60. The molecule has 0 unspecified atom stereocenters. The number of carbonyl (C=O) groups is 1. The van der Waals surface area contributed by atoms with Crippen LogP contribution in [0, 0.1) is 0 Å². The lowest BCUT2D eigenvalue weighted by Crippen LogP contribution is -2.26. The zero-order chi connectivity index (χ0) is 9.78. The second-order valence-corrected chi connectivity index (χ2v) is 3.91. The molecule has 1 atom stereocenters. The molecule has 1 N–H and O–H groups in total. The van der Waals surface area contributed by atoms with Gasteiger partial charge in [0, 0.05) is 5.88 Å². The van der Waals surface area contributed by atoms with Crippen molar-refractivity contribution in [1.82, 2.24) is 0 Å². The zero-order valence-electron chi connectivity index (χ0n) is 7.63. The van der Waals surface area contributed by atoms with Gasteiger partial charge in [0.2, 0.25) is 0 Å². The van der Waals surface area contributed by atoms with Crippen molar-refractivity contribution >= 4 is 17.6 Å². The normalized spacial score (nSPS) is 14.1. The van der Waals surface area contributed by atoms with E-state index in [0.29, 0.717) is 0 Å². The number of halogens is 1. The lowest BCUT2D eigenvalue weighted by Gasteiger charge is -2.20. The van der Waals surface area contributed by atoms with E-state index < -0.39 is 17.7 Å². The lowest BCUT2D eigenvalue weighted by atomic mass is 10.2. The number of alkyl halides is 1. The molecule has 0 amide bonds. The third kappa shape index (κ3) is 6.43. The van der Waals surface area contributed by atoms with Crippen LogP contribution in [-0.4, -0.2) is 28.7 Å². The monoisotopic (exact) mass is 194 g/mol. The Morgan fingerprint density at radius 2 is 2.08 bits per heavy atom. The molecule has 0 aromatic carbocycles. The molecular weight excluding hydrogens is 180 g/mol. The van der Waals surface area contributed by atoms with E-state index in [0.717, 1.165) is 0 Å². The summed E-state index contributed by atoms with van der Waals surface area (Å²) in [7, 11) is 0. The van der Waals surface area contributed by atoms with E-state index in [1.54, 1.807) is 20.8 Å². The predicted octanol–water partition coefficient (Wildman–Crippen LogP) is 1.32. The van der Waals surface area contributed by atoms with Gasteiger partial charge >= 0.3 is 5.97 Å². The first-order chi connectivity index (χ1) is 5.35. The second kappa shape index (κ2) is 4.67. The summed E-state index contributed by atoms with van der Waals surface area (Å²) in [6, 6.07) is 0. The topological polar surface area (TPSA) is 46.5 Å². The number of carbonyl (C=O) groups excluding carboxylic acids is 1. The smallest absolute Gasteiger partial charge is 0.308 e. The first kappa shape index (κ1) is 11.7. The van der Waals surface area contributed by atoms with Gasteiger partial charge in [-0.25, -0.2) is 0 Å². The molecule has 0 saturated heterocycles. The van der Waals surface area contributed by atoms with E-state index in [4.69, 9.17) is 21.4 Å². The Hall–Kier alpha value is -0.280. The van der Waals surface area contributed by atoms with Crippen molar-refractivity contribution in [3.63, 3.8) is 0 Å². The SMILES string of the molecule is CC(C)(C)OC(=O)C[C@@H](O)CCl. The number of aliphatic hydroxyl groups excluding tert-OH is 1. The average molecular weight is 195 g/mol. The summed E-state index contributed by atoms with van der Waals surface area (Å²) in [5, 5.41) is 8.99. The predicted molar refractivity (Wildman–Crippen MR) is 47.2 cm³/mol. The molecule has 0 spiro atoms. The van der Waals surface area contributed by atoms with Crippen molar-refractivity contribution in [1.29, 1.82) is 0 Å². The van der Waals surface area contributed by atoms with Gasteiger partial charge in [0.1, 0.15) is 5.60 Å². The van der Waals surface area contributed by atoms with Crippen molar-refractivity contribution in [2.45, 2.75) is 38.9 Å². The number of hydrogen-bond donors (Lipinski definition) is 1. The van der Waals surface area contributed by atoms with Crippen LogP contribution in [0.5, 0.6) is 0 Å². The highest BCUT2D eigenvalue weighted by atomic mass is 35.5. The Labute approximate surface area is 77.7 Å². The summed E-state index contributed by atoms with van der Waals surface area (Å²) < 4.78 is 4.95. The molecule has 4 heteroatoms. The Kier molecular flexibility index (Phi) is 4.57. The molecule has 0 saturated carbocycles. The molecule has 3 nitrogen and oxygen atoms in total. The molecule has 0 aliphatic rings. The van der Waals surface area contributed by atoms with Gasteiger partial charge in [-0.15, -0.1) is 11.6 Å². The van der Waals surface area contributed by atoms with Gasteiger partial charge in [-0.05, 0) is 20.8 Å². The van der Waals surface area contributed by atoms with E-state index in [2.05, 4.69) is 0 Å². The summed E-state index contributed by atoms with van der Waals surface area (Å²) in [6.07, 6.45) is -0.845. The number of ether oxygens (including phenoxy) is 1. The van der Waals surface area contributed by atoms with Gasteiger partial charge in [-0.2, -0.15) is 0 Å². The van der Waals surface area contributed by atoms with E-state index >= 15 is 0 Å².